The lowest BCUT2D eigenvalue weighted by molar-refractivity contribution is -0.0724. The molecular formula is C31H45F3O. The van der Waals surface area contributed by atoms with E-state index in [0.717, 1.165) is 56.5 Å². The molecule has 35 heavy (non-hydrogen) atoms. The van der Waals surface area contributed by atoms with Gasteiger partial charge in [-0.1, -0.05) is 50.8 Å². The summed E-state index contributed by atoms with van der Waals surface area (Å²) in [5, 5.41) is 0. The van der Waals surface area contributed by atoms with E-state index in [1.165, 1.54) is 44.9 Å². The lowest BCUT2D eigenvalue weighted by atomic mass is 9.71. The van der Waals surface area contributed by atoms with Crippen LogP contribution < -0.4 is 0 Å². The second-order valence-electron chi connectivity index (χ2n) is 11.6. The van der Waals surface area contributed by atoms with Gasteiger partial charge in [0.25, 0.3) is 6.43 Å². The quantitative estimate of drug-likeness (QED) is 0.313. The number of halogens is 3. The van der Waals surface area contributed by atoms with Crippen molar-refractivity contribution < 1.29 is 17.9 Å². The van der Waals surface area contributed by atoms with Gasteiger partial charge < -0.3 is 4.74 Å². The fourth-order valence-electron chi connectivity index (χ4n) is 7.38. The summed E-state index contributed by atoms with van der Waals surface area (Å²) >= 11 is 0. The predicted octanol–water partition coefficient (Wildman–Crippen LogP) is 9.56. The monoisotopic (exact) mass is 490 g/mol. The van der Waals surface area contributed by atoms with Crippen LogP contribution in [0.2, 0.25) is 0 Å². The maximum absolute atomic E-state index is 14.9. The largest absolute Gasteiger partial charge is 0.378 e. The molecule has 1 heterocycles. The summed E-state index contributed by atoms with van der Waals surface area (Å²) in [5.74, 6) is 2.35. The van der Waals surface area contributed by atoms with E-state index >= 15 is 0 Å². The summed E-state index contributed by atoms with van der Waals surface area (Å²) < 4.78 is 49.2. The molecule has 4 rings (SSSR count). The molecular weight excluding hydrogens is 445 g/mol. The Balaban J connectivity index is 1.28. The number of benzene rings is 1. The van der Waals surface area contributed by atoms with Gasteiger partial charge in [0.15, 0.2) is 0 Å². The third-order valence-corrected chi connectivity index (χ3v) is 9.47. The number of allylic oxidation sites excluding steroid dienone is 1. The van der Waals surface area contributed by atoms with Crippen molar-refractivity contribution in [2.45, 2.75) is 115 Å². The Morgan fingerprint density at radius 3 is 2.23 bits per heavy atom. The standard InChI is InChI=1S/C31H45F3O/c1-3-5-7-25-16-18-27(29(30(25)32)31(33)34)23-12-14-24(15-13-23)28-19-17-26(20-35-28)22-10-8-21(6-4-2)9-11-22/h3,16,18,21-24,26,28,31H,1,4-15,17,19-20H2,2H3. The van der Waals surface area contributed by atoms with E-state index in [2.05, 4.69) is 13.5 Å². The molecule has 1 aromatic carbocycles. The van der Waals surface area contributed by atoms with Gasteiger partial charge in [-0.05, 0) is 105 Å². The molecule has 2 atom stereocenters. The van der Waals surface area contributed by atoms with Gasteiger partial charge in [-0.25, -0.2) is 13.2 Å². The van der Waals surface area contributed by atoms with E-state index in [1.54, 1.807) is 18.2 Å². The Labute approximate surface area is 210 Å². The molecule has 3 fully saturated rings. The van der Waals surface area contributed by atoms with Crippen molar-refractivity contribution in [3.63, 3.8) is 0 Å². The highest BCUT2D eigenvalue weighted by atomic mass is 19.3. The normalized spacial score (nSPS) is 32.0. The van der Waals surface area contributed by atoms with Crippen LogP contribution in [-0.2, 0) is 11.2 Å². The molecule has 3 aliphatic rings. The molecule has 2 unspecified atom stereocenters. The van der Waals surface area contributed by atoms with Crippen LogP contribution in [0.15, 0.2) is 24.8 Å². The molecule has 2 saturated carbocycles. The number of hydrogen-bond donors (Lipinski definition) is 0. The van der Waals surface area contributed by atoms with E-state index in [0.29, 0.717) is 36.0 Å². The molecule has 2 aliphatic carbocycles. The molecule has 0 amide bonds. The van der Waals surface area contributed by atoms with Crippen LogP contribution in [0, 0.1) is 29.5 Å². The molecule has 1 saturated heterocycles. The highest BCUT2D eigenvalue weighted by Crippen LogP contribution is 2.45. The van der Waals surface area contributed by atoms with E-state index < -0.39 is 12.2 Å². The summed E-state index contributed by atoms with van der Waals surface area (Å²) in [6, 6.07) is 3.48. The van der Waals surface area contributed by atoms with Crippen LogP contribution >= 0.6 is 0 Å². The Bertz CT molecular complexity index is 798. The lowest BCUT2D eigenvalue weighted by Gasteiger charge is -2.41. The maximum atomic E-state index is 14.9. The summed E-state index contributed by atoms with van der Waals surface area (Å²) in [6.07, 6.45) is 14.6. The molecule has 4 heteroatoms. The average molecular weight is 491 g/mol. The molecule has 0 bridgehead atoms. The van der Waals surface area contributed by atoms with Crippen molar-refractivity contribution in [2.24, 2.45) is 23.7 Å². The molecule has 0 aromatic heterocycles. The summed E-state index contributed by atoms with van der Waals surface area (Å²) in [5.41, 5.74) is 0.545. The van der Waals surface area contributed by atoms with Crippen LogP contribution in [0.25, 0.3) is 0 Å². The van der Waals surface area contributed by atoms with Crippen LogP contribution in [0.5, 0.6) is 0 Å². The molecule has 1 nitrogen and oxygen atoms in total. The summed E-state index contributed by atoms with van der Waals surface area (Å²) in [4.78, 5) is 0. The number of aryl methyl sites for hydroxylation is 1. The predicted molar refractivity (Wildman–Crippen MR) is 137 cm³/mol. The van der Waals surface area contributed by atoms with Crippen molar-refractivity contribution in [3.05, 3.63) is 47.3 Å². The molecule has 0 radical (unpaired) electrons. The van der Waals surface area contributed by atoms with Gasteiger partial charge in [0, 0.05) is 0 Å². The van der Waals surface area contributed by atoms with Gasteiger partial charge in [-0.2, -0.15) is 0 Å². The second kappa shape index (κ2) is 12.8. The number of rotatable bonds is 9. The minimum atomic E-state index is -2.78. The molecule has 1 aliphatic heterocycles. The maximum Gasteiger partial charge on any atom is 0.266 e. The van der Waals surface area contributed by atoms with Crippen molar-refractivity contribution in [1.82, 2.24) is 0 Å². The first-order chi connectivity index (χ1) is 17.0. The van der Waals surface area contributed by atoms with Gasteiger partial charge in [-0.3, -0.25) is 0 Å². The summed E-state index contributed by atoms with van der Waals surface area (Å²) in [7, 11) is 0. The zero-order valence-corrected chi connectivity index (χ0v) is 21.6. The van der Waals surface area contributed by atoms with E-state index in [9.17, 15) is 13.2 Å². The Morgan fingerprint density at radius 2 is 1.63 bits per heavy atom. The fraction of sp³-hybridized carbons (Fsp3) is 0.742. The van der Waals surface area contributed by atoms with Gasteiger partial charge in [0.05, 0.1) is 18.3 Å². The smallest absolute Gasteiger partial charge is 0.266 e. The first-order valence-electron chi connectivity index (χ1n) is 14.3. The van der Waals surface area contributed by atoms with Crippen molar-refractivity contribution in [2.75, 3.05) is 6.61 Å². The molecule has 1 aromatic rings. The Hall–Kier alpha value is -1.29. The van der Waals surface area contributed by atoms with E-state index in [1.807, 2.05) is 0 Å². The Kier molecular flexibility index (Phi) is 9.78. The third-order valence-electron chi connectivity index (χ3n) is 9.47. The number of hydrogen-bond acceptors (Lipinski definition) is 1. The van der Waals surface area contributed by atoms with Crippen molar-refractivity contribution in [3.8, 4) is 0 Å². The SMILES string of the molecule is C=CCCc1ccc(C2CCC(C3CCC(C4CCC(CCC)CC4)CO3)CC2)c(C(F)F)c1F. The minimum absolute atomic E-state index is 0.0212. The zero-order chi connectivity index (χ0) is 24.8. The van der Waals surface area contributed by atoms with Crippen LogP contribution in [0.1, 0.15) is 119 Å². The topological polar surface area (TPSA) is 9.23 Å². The van der Waals surface area contributed by atoms with Crippen LogP contribution in [-0.4, -0.2) is 12.7 Å². The zero-order valence-electron chi connectivity index (χ0n) is 21.6. The van der Waals surface area contributed by atoms with Gasteiger partial charge in [0.2, 0.25) is 0 Å². The third kappa shape index (κ3) is 6.53. The van der Waals surface area contributed by atoms with Gasteiger partial charge in [0.1, 0.15) is 5.82 Å². The number of alkyl halides is 2. The van der Waals surface area contributed by atoms with Crippen LogP contribution in [0.3, 0.4) is 0 Å². The Morgan fingerprint density at radius 1 is 0.943 bits per heavy atom. The van der Waals surface area contributed by atoms with Crippen molar-refractivity contribution in [1.29, 1.82) is 0 Å². The molecule has 196 valence electrons. The van der Waals surface area contributed by atoms with Crippen molar-refractivity contribution >= 4 is 0 Å². The fourth-order valence-corrected chi connectivity index (χ4v) is 7.38. The van der Waals surface area contributed by atoms with E-state index in [-0.39, 0.29) is 11.5 Å². The second-order valence-corrected chi connectivity index (χ2v) is 11.6. The summed E-state index contributed by atoms with van der Waals surface area (Å²) in [6.45, 7) is 6.86. The molecule has 0 N–H and O–H groups in total. The number of ether oxygens (including phenoxy) is 1. The van der Waals surface area contributed by atoms with E-state index in [4.69, 9.17) is 4.74 Å². The van der Waals surface area contributed by atoms with Gasteiger partial charge >= 0.3 is 0 Å². The highest BCUT2D eigenvalue weighted by molar-refractivity contribution is 5.38. The van der Waals surface area contributed by atoms with Gasteiger partial charge in [-0.15, -0.1) is 6.58 Å². The first-order valence-corrected chi connectivity index (χ1v) is 14.3. The average Bonchev–Trinajstić information content (AvgIpc) is 2.88. The lowest BCUT2D eigenvalue weighted by Crippen LogP contribution is -2.37. The van der Waals surface area contributed by atoms with Crippen LogP contribution in [0.4, 0.5) is 13.2 Å². The minimum Gasteiger partial charge on any atom is -0.378 e. The first kappa shape index (κ1) is 26.8. The highest BCUT2D eigenvalue weighted by Gasteiger charge is 2.36. The molecule has 0 spiro atoms.